The molecular weight excluding hydrogens is 244 g/mol. The van der Waals surface area contributed by atoms with Gasteiger partial charge in [0.25, 0.3) is 5.69 Å². The summed E-state index contributed by atoms with van der Waals surface area (Å²) in [5.74, 6) is -2.68. The molecule has 8 heteroatoms. The van der Waals surface area contributed by atoms with Gasteiger partial charge in [-0.15, -0.1) is 0 Å². The Morgan fingerprint density at radius 3 is 2.67 bits per heavy atom. The molecule has 0 saturated carbocycles. The first-order valence-corrected chi connectivity index (χ1v) is 4.91. The number of non-ortho nitro benzene ring substituents is 1. The van der Waals surface area contributed by atoms with Crippen LogP contribution in [0.25, 0.3) is 0 Å². The molecule has 0 radical (unpaired) electrons. The third kappa shape index (κ3) is 3.17. The standard InChI is InChI=1S/C10H10N2O6/c1-2-18-10(15)9(14)11-7-4-3-6(12(16)17)5-8(7)13/h3-5,13H,2H2,1H3,(H,11,14). The number of nitrogens with one attached hydrogen (secondary N) is 1. The minimum atomic E-state index is -1.10. The van der Waals surface area contributed by atoms with Crippen molar-refractivity contribution < 1.29 is 24.4 Å². The lowest BCUT2D eigenvalue weighted by molar-refractivity contribution is -0.384. The molecule has 1 aromatic rings. The van der Waals surface area contributed by atoms with E-state index in [9.17, 15) is 24.8 Å². The van der Waals surface area contributed by atoms with Crippen LogP contribution in [0.3, 0.4) is 0 Å². The number of nitro benzene ring substituents is 1. The quantitative estimate of drug-likeness (QED) is 0.271. The van der Waals surface area contributed by atoms with Crippen LogP contribution in [0.15, 0.2) is 18.2 Å². The SMILES string of the molecule is CCOC(=O)C(=O)Nc1ccc([N+](=O)[O-])cc1O. The highest BCUT2D eigenvalue weighted by atomic mass is 16.6. The van der Waals surface area contributed by atoms with Crippen LogP contribution in [0.5, 0.6) is 5.75 Å². The van der Waals surface area contributed by atoms with Gasteiger partial charge < -0.3 is 15.2 Å². The zero-order chi connectivity index (χ0) is 13.7. The molecule has 0 bridgehead atoms. The molecule has 8 nitrogen and oxygen atoms in total. The number of carbonyl (C=O) groups excluding carboxylic acids is 2. The molecule has 1 amide bonds. The molecule has 0 atom stereocenters. The number of hydrogen-bond acceptors (Lipinski definition) is 6. The van der Waals surface area contributed by atoms with Gasteiger partial charge in [-0.1, -0.05) is 0 Å². The van der Waals surface area contributed by atoms with Gasteiger partial charge in [0.15, 0.2) is 0 Å². The number of hydrogen-bond donors (Lipinski definition) is 2. The number of phenolic OH excluding ortho intramolecular Hbond substituents is 1. The van der Waals surface area contributed by atoms with Gasteiger partial charge in [0, 0.05) is 6.07 Å². The van der Waals surface area contributed by atoms with Gasteiger partial charge in [-0.3, -0.25) is 14.9 Å². The highest BCUT2D eigenvalue weighted by Gasteiger charge is 2.17. The number of benzene rings is 1. The van der Waals surface area contributed by atoms with Crippen molar-refractivity contribution in [3.8, 4) is 5.75 Å². The molecule has 18 heavy (non-hydrogen) atoms. The fraction of sp³-hybridized carbons (Fsp3) is 0.200. The van der Waals surface area contributed by atoms with E-state index in [4.69, 9.17) is 0 Å². The van der Waals surface area contributed by atoms with E-state index in [2.05, 4.69) is 10.1 Å². The van der Waals surface area contributed by atoms with Crippen LogP contribution in [0, 0.1) is 10.1 Å². The third-order valence-electron chi connectivity index (χ3n) is 1.90. The first-order valence-electron chi connectivity index (χ1n) is 4.91. The number of rotatable bonds is 3. The highest BCUT2D eigenvalue weighted by molar-refractivity contribution is 6.37. The van der Waals surface area contributed by atoms with Crippen molar-refractivity contribution in [1.29, 1.82) is 0 Å². The first kappa shape index (κ1) is 13.4. The van der Waals surface area contributed by atoms with Crippen LogP contribution in [0.2, 0.25) is 0 Å². The molecular formula is C10H10N2O6. The lowest BCUT2D eigenvalue weighted by atomic mass is 10.2. The summed E-state index contributed by atoms with van der Waals surface area (Å²) in [6.45, 7) is 1.58. The van der Waals surface area contributed by atoms with Crippen LogP contribution in [-0.2, 0) is 14.3 Å². The smallest absolute Gasteiger partial charge is 0.397 e. The number of carbonyl (C=O) groups is 2. The Balaban J connectivity index is 2.83. The summed E-state index contributed by atoms with van der Waals surface area (Å²) in [4.78, 5) is 32.0. The molecule has 0 aliphatic heterocycles. The van der Waals surface area contributed by atoms with E-state index in [0.29, 0.717) is 0 Å². The van der Waals surface area contributed by atoms with Crippen LogP contribution >= 0.6 is 0 Å². The van der Waals surface area contributed by atoms with Crippen molar-refractivity contribution in [1.82, 2.24) is 0 Å². The van der Waals surface area contributed by atoms with E-state index < -0.39 is 22.5 Å². The summed E-state index contributed by atoms with van der Waals surface area (Å²) in [7, 11) is 0. The summed E-state index contributed by atoms with van der Waals surface area (Å²) < 4.78 is 4.44. The maximum absolute atomic E-state index is 11.2. The van der Waals surface area contributed by atoms with Gasteiger partial charge in [0.2, 0.25) is 0 Å². The average molecular weight is 254 g/mol. The molecule has 0 saturated heterocycles. The van der Waals surface area contributed by atoms with Gasteiger partial charge in [-0.25, -0.2) is 4.79 Å². The van der Waals surface area contributed by atoms with Crippen LogP contribution in [0.4, 0.5) is 11.4 Å². The zero-order valence-electron chi connectivity index (χ0n) is 9.37. The maximum Gasteiger partial charge on any atom is 0.397 e. The monoisotopic (exact) mass is 254 g/mol. The second kappa shape index (κ2) is 5.62. The Labute approximate surface area is 101 Å². The van der Waals surface area contributed by atoms with Crippen molar-refractivity contribution in [2.75, 3.05) is 11.9 Å². The Morgan fingerprint density at radius 1 is 1.50 bits per heavy atom. The molecule has 0 heterocycles. The number of amides is 1. The van der Waals surface area contributed by atoms with Gasteiger partial charge in [-0.05, 0) is 13.0 Å². The van der Waals surface area contributed by atoms with Crippen molar-refractivity contribution in [2.24, 2.45) is 0 Å². The van der Waals surface area contributed by atoms with E-state index >= 15 is 0 Å². The second-order valence-corrected chi connectivity index (χ2v) is 3.13. The molecule has 0 aromatic heterocycles. The minimum Gasteiger partial charge on any atom is -0.506 e. The van der Waals surface area contributed by atoms with Crippen LogP contribution in [0.1, 0.15) is 6.92 Å². The average Bonchev–Trinajstić information content (AvgIpc) is 2.31. The van der Waals surface area contributed by atoms with E-state index in [-0.39, 0.29) is 18.0 Å². The number of nitrogens with zero attached hydrogens (tertiary/aromatic N) is 1. The molecule has 0 unspecified atom stereocenters. The van der Waals surface area contributed by atoms with Crippen molar-refractivity contribution in [3.63, 3.8) is 0 Å². The topological polar surface area (TPSA) is 119 Å². The lowest BCUT2D eigenvalue weighted by Crippen LogP contribution is -2.25. The third-order valence-corrected chi connectivity index (χ3v) is 1.90. The molecule has 0 aliphatic carbocycles. The predicted molar refractivity (Wildman–Crippen MR) is 60.0 cm³/mol. The molecule has 0 spiro atoms. The Kier molecular flexibility index (Phi) is 4.19. The van der Waals surface area contributed by atoms with Crippen molar-refractivity contribution >= 4 is 23.3 Å². The number of phenols is 1. The fourth-order valence-electron chi connectivity index (χ4n) is 1.11. The predicted octanol–water partition coefficient (Wildman–Crippen LogP) is 0.802. The van der Waals surface area contributed by atoms with Gasteiger partial charge in [-0.2, -0.15) is 0 Å². The molecule has 2 N–H and O–H groups in total. The minimum absolute atomic E-state index is 0.0402. The summed E-state index contributed by atoms with van der Waals surface area (Å²) >= 11 is 0. The molecule has 96 valence electrons. The van der Waals surface area contributed by atoms with E-state index in [1.54, 1.807) is 0 Å². The summed E-state index contributed by atoms with van der Waals surface area (Å²) in [5.41, 5.74) is -0.444. The Bertz CT molecular complexity index is 499. The normalized spacial score (nSPS) is 9.61. The number of nitro groups is 1. The number of aromatic hydroxyl groups is 1. The number of anilines is 1. The van der Waals surface area contributed by atoms with Crippen LogP contribution < -0.4 is 5.32 Å². The van der Waals surface area contributed by atoms with E-state index in [1.807, 2.05) is 0 Å². The maximum atomic E-state index is 11.2. The van der Waals surface area contributed by atoms with Crippen molar-refractivity contribution in [3.05, 3.63) is 28.3 Å². The van der Waals surface area contributed by atoms with E-state index in [0.717, 1.165) is 18.2 Å². The van der Waals surface area contributed by atoms with E-state index in [1.165, 1.54) is 6.92 Å². The Morgan fingerprint density at radius 2 is 2.17 bits per heavy atom. The molecule has 1 rings (SSSR count). The highest BCUT2D eigenvalue weighted by Crippen LogP contribution is 2.27. The van der Waals surface area contributed by atoms with Crippen molar-refractivity contribution in [2.45, 2.75) is 6.92 Å². The number of esters is 1. The zero-order valence-corrected chi connectivity index (χ0v) is 9.37. The van der Waals surface area contributed by atoms with Gasteiger partial charge in [0.1, 0.15) is 5.75 Å². The molecule has 1 aromatic carbocycles. The summed E-state index contributed by atoms with van der Waals surface area (Å²) in [6, 6.07) is 3.06. The Hall–Kier alpha value is -2.64. The number of ether oxygens (including phenoxy) is 1. The fourth-order valence-corrected chi connectivity index (χ4v) is 1.11. The van der Waals surface area contributed by atoms with Gasteiger partial charge >= 0.3 is 11.9 Å². The largest absolute Gasteiger partial charge is 0.506 e. The van der Waals surface area contributed by atoms with Crippen LogP contribution in [-0.4, -0.2) is 28.5 Å². The summed E-state index contributed by atoms with van der Waals surface area (Å²) in [6.07, 6.45) is 0. The lowest BCUT2D eigenvalue weighted by Gasteiger charge is -2.06. The first-order chi connectivity index (χ1) is 8.45. The van der Waals surface area contributed by atoms with Gasteiger partial charge in [0.05, 0.1) is 23.3 Å². The molecule has 0 aliphatic rings. The summed E-state index contributed by atoms with van der Waals surface area (Å²) in [5, 5.41) is 21.9. The molecule has 0 fully saturated rings. The second-order valence-electron chi connectivity index (χ2n) is 3.13.